The Morgan fingerprint density at radius 3 is 1.27 bits per heavy atom. The van der Waals surface area contributed by atoms with Gasteiger partial charge in [-0.25, -0.2) is 0 Å². The summed E-state index contributed by atoms with van der Waals surface area (Å²) in [6.07, 6.45) is 4.58. The van der Waals surface area contributed by atoms with Crippen molar-refractivity contribution >= 4 is 67.8 Å². The van der Waals surface area contributed by atoms with Gasteiger partial charge in [0.15, 0.2) is 0 Å². The molecule has 0 aliphatic heterocycles. The van der Waals surface area contributed by atoms with E-state index in [1.165, 1.54) is 88.4 Å². The maximum atomic E-state index is 2.46. The van der Waals surface area contributed by atoms with E-state index < -0.39 is 0 Å². The highest BCUT2D eigenvalue weighted by molar-refractivity contribution is 6.14. The fourth-order valence-corrected chi connectivity index (χ4v) is 11.1. The molecule has 0 saturated heterocycles. The van der Waals surface area contributed by atoms with Crippen LogP contribution in [0.25, 0.3) is 56.0 Å². The average molecular weight is 861 g/mol. The fourth-order valence-electron chi connectivity index (χ4n) is 11.1. The van der Waals surface area contributed by atoms with Crippen LogP contribution in [-0.2, 0) is 10.8 Å². The van der Waals surface area contributed by atoms with Crippen molar-refractivity contribution in [1.29, 1.82) is 0 Å². The largest absolute Gasteiger partial charge is 0.310 e. The second kappa shape index (κ2) is 15.6. The zero-order chi connectivity index (χ0) is 45.4. The molecule has 0 unspecified atom stereocenters. The van der Waals surface area contributed by atoms with Crippen LogP contribution >= 0.6 is 0 Å². The van der Waals surface area contributed by atoms with Gasteiger partial charge in [-0.15, -0.1) is 0 Å². The zero-order valence-corrected chi connectivity index (χ0v) is 38.8. The minimum absolute atomic E-state index is 0.164. The predicted octanol–water partition coefficient (Wildman–Crippen LogP) is 18.0. The summed E-state index contributed by atoms with van der Waals surface area (Å²) in [7, 11) is 0. The number of hydrogen-bond donors (Lipinski definition) is 0. The van der Waals surface area contributed by atoms with Gasteiger partial charge in [-0.3, -0.25) is 0 Å². The van der Waals surface area contributed by atoms with Crippen LogP contribution in [0.2, 0.25) is 0 Å². The van der Waals surface area contributed by atoms with Crippen molar-refractivity contribution in [2.45, 2.75) is 45.4 Å². The molecule has 0 amide bonds. The van der Waals surface area contributed by atoms with Crippen LogP contribution in [0.5, 0.6) is 0 Å². The second-order valence-electron chi connectivity index (χ2n) is 19.5. The van der Waals surface area contributed by atoms with E-state index in [-0.39, 0.29) is 10.8 Å². The van der Waals surface area contributed by atoms with E-state index >= 15 is 0 Å². The van der Waals surface area contributed by atoms with Gasteiger partial charge in [0.2, 0.25) is 0 Å². The molecule has 10 aromatic carbocycles. The summed E-state index contributed by atoms with van der Waals surface area (Å²) >= 11 is 0. The third kappa shape index (κ3) is 6.70. The normalized spacial score (nSPS) is 13.9. The van der Waals surface area contributed by atoms with Gasteiger partial charge in [-0.2, -0.15) is 0 Å². The third-order valence-electron chi connectivity index (χ3n) is 14.7. The van der Waals surface area contributed by atoms with Gasteiger partial charge >= 0.3 is 0 Å². The van der Waals surface area contributed by atoms with Crippen molar-refractivity contribution < 1.29 is 0 Å². The van der Waals surface area contributed by atoms with Crippen molar-refractivity contribution in [3.8, 4) is 22.3 Å². The molecule has 0 atom stereocenters. The Kier molecular flexibility index (Phi) is 9.45. The van der Waals surface area contributed by atoms with Crippen molar-refractivity contribution in [2.24, 2.45) is 0 Å². The summed E-state index contributed by atoms with van der Waals surface area (Å²) in [5.41, 5.74) is 20.9. The van der Waals surface area contributed by atoms with E-state index in [0.29, 0.717) is 0 Å². The average Bonchev–Trinajstić information content (AvgIpc) is 3.72. The maximum Gasteiger partial charge on any atom is 0.0546 e. The summed E-state index contributed by atoms with van der Waals surface area (Å²) in [5.74, 6) is 0. The van der Waals surface area contributed by atoms with Crippen LogP contribution in [0.1, 0.15) is 66.6 Å². The standard InChI is InChI=1S/C65H52N2/c1-43-24-30-49(31-25-43)67(63-40-46-16-12-13-21-52(46)53-22-14-15-23-58(53)63)51-33-37-57-55-35-29-45(39-60(55)65(4,5)62(57)42-51)27-26-44-28-34-54-56-36-32-50(41-61(56)64(2,3)59(54)38-44)66(47-17-8-6-9-18-47)48-19-10-7-11-20-48/h6-42H,1-5H3/b27-26+. The molecular weight excluding hydrogens is 809 g/mol. The third-order valence-corrected chi connectivity index (χ3v) is 14.7. The number of para-hydroxylation sites is 2. The minimum Gasteiger partial charge on any atom is -0.310 e. The summed E-state index contributed by atoms with van der Waals surface area (Å²) in [6.45, 7) is 11.7. The van der Waals surface area contributed by atoms with Crippen LogP contribution in [-0.4, -0.2) is 0 Å². The minimum atomic E-state index is -0.201. The predicted molar refractivity (Wildman–Crippen MR) is 286 cm³/mol. The number of aryl methyl sites for hydroxylation is 1. The molecule has 2 nitrogen and oxygen atoms in total. The fraction of sp³-hybridized carbons (Fsp3) is 0.108. The quantitative estimate of drug-likeness (QED) is 0.111. The topological polar surface area (TPSA) is 6.48 Å². The number of nitrogens with zero attached hydrogens (tertiary/aromatic N) is 2. The molecule has 0 N–H and O–H groups in total. The molecule has 0 saturated carbocycles. The lowest BCUT2D eigenvalue weighted by Gasteiger charge is -2.29. The Morgan fingerprint density at radius 1 is 0.328 bits per heavy atom. The molecule has 0 spiro atoms. The first-order valence-corrected chi connectivity index (χ1v) is 23.6. The Morgan fingerprint density at radius 2 is 0.731 bits per heavy atom. The lowest BCUT2D eigenvalue weighted by molar-refractivity contribution is 0.660. The number of hydrogen-bond acceptors (Lipinski definition) is 2. The molecule has 0 heterocycles. The first-order valence-electron chi connectivity index (χ1n) is 23.6. The molecular formula is C65H52N2. The molecule has 0 bridgehead atoms. The first-order chi connectivity index (χ1) is 32.6. The Labute approximate surface area is 394 Å². The number of anilines is 6. The van der Waals surface area contributed by atoms with Crippen molar-refractivity contribution in [2.75, 3.05) is 9.80 Å². The highest BCUT2D eigenvalue weighted by Gasteiger charge is 2.38. The molecule has 0 aromatic heterocycles. The molecule has 2 aliphatic rings. The molecule has 2 aliphatic carbocycles. The van der Waals surface area contributed by atoms with Crippen LogP contribution in [0, 0.1) is 6.92 Å². The number of rotatable bonds is 8. The van der Waals surface area contributed by atoms with E-state index in [1.54, 1.807) is 0 Å². The van der Waals surface area contributed by atoms with E-state index in [4.69, 9.17) is 0 Å². The van der Waals surface area contributed by atoms with Crippen molar-refractivity contribution in [1.82, 2.24) is 0 Å². The second-order valence-corrected chi connectivity index (χ2v) is 19.5. The highest BCUT2D eigenvalue weighted by Crippen LogP contribution is 2.53. The molecule has 67 heavy (non-hydrogen) atoms. The van der Waals surface area contributed by atoms with Crippen LogP contribution < -0.4 is 9.80 Å². The van der Waals surface area contributed by atoms with E-state index in [2.05, 4.69) is 269 Å². The molecule has 322 valence electrons. The SMILES string of the molecule is Cc1ccc(N(c2ccc3c(c2)C(C)(C)c2cc(/C=C/c4ccc5c(c4)C(C)(C)c4cc(N(c6ccccc6)c6ccccc6)ccc4-5)ccc2-3)c2cc3ccccc3c3ccccc23)cc1. The molecule has 10 aromatic rings. The molecule has 12 rings (SSSR count). The first kappa shape index (κ1) is 40.6. The van der Waals surface area contributed by atoms with Crippen molar-refractivity contribution in [3.63, 3.8) is 0 Å². The number of benzene rings is 10. The number of fused-ring (bicyclic) bond motifs is 9. The Balaban J connectivity index is 0.864. The molecule has 0 radical (unpaired) electrons. The Hall–Kier alpha value is -7.94. The van der Waals surface area contributed by atoms with Crippen LogP contribution in [0.4, 0.5) is 34.1 Å². The maximum absolute atomic E-state index is 2.46. The van der Waals surface area contributed by atoms with Gasteiger partial charge in [-0.05, 0) is 145 Å². The summed E-state index contributed by atoms with van der Waals surface area (Å²) < 4.78 is 0. The van der Waals surface area contributed by atoms with Gasteiger partial charge in [-0.1, -0.05) is 191 Å². The summed E-state index contributed by atoms with van der Waals surface area (Å²) in [5, 5.41) is 5.01. The smallest absolute Gasteiger partial charge is 0.0546 e. The van der Waals surface area contributed by atoms with Gasteiger partial charge in [0.05, 0.1) is 5.69 Å². The summed E-state index contributed by atoms with van der Waals surface area (Å²) in [6, 6.07) is 78.5. The van der Waals surface area contributed by atoms with Crippen LogP contribution in [0.15, 0.2) is 212 Å². The molecule has 2 heteroatoms. The van der Waals surface area contributed by atoms with Gasteiger partial charge < -0.3 is 9.80 Å². The van der Waals surface area contributed by atoms with E-state index in [1.807, 2.05) is 0 Å². The van der Waals surface area contributed by atoms with E-state index in [9.17, 15) is 0 Å². The van der Waals surface area contributed by atoms with Gasteiger partial charge in [0.25, 0.3) is 0 Å². The monoisotopic (exact) mass is 860 g/mol. The van der Waals surface area contributed by atoms with Crippen molar-refractivity contribution in [3.05, 3.63) is 251 Å². The van der Waals surface area contributed by atoms with E-state index in [0.717, 1.165) is 28.4 Å². The highest BCUT2D eigenvalue weighted by atomic mass is 15.1. The van der Waals surface area contributed by atoms with Crippen LogP contribution in [0.3, 0.4) is 0 Å². The Bertz CT molecular complexity index is 3540. The lowest BCUT2D eigenvalue weighted by atomic mass is 9.81. The molecule has 0 fully saturated rings. The van der Waals surface area contributed by atoms with Gasteiger partial charge in [0.1, 0.15) is 0 Å². The lowest BCUT2D eigenvalue weighted by Crippen LogP contribution is -2.17. The summed E-state index contributed by atoms with van der Waals surface area (Å²) in [4.78, 5) is 4.82. The van der Waals surface area contributed by atoms with Gasteiger partial charge in [0, 0.05) is 44.7 Å². The zero-order valence-electron chi connectivity index (χ0n) is 38.8.